The molecular formula is C19H20N2O2S. The van der Waals surface area contributed by atoms with Crippen LogP contribution in [0, 0.1) is 0 Å². The number of aromatic nitrogens is 1. The summed E-state index contributed by atoms with van der Waals surface area (Å²) in [5, 5.41) is 1.12. The summed E-state index contributed by atoms with van der Waals surface area (Å²) in [6.07, 6.45) is 0. The summed E-state index contributed by atoms with van der Waals surface area (Å²) in [5.41, 5.74) is 2.78. The van der Waals surface area contributed by atoms with Crippen LogP contribution < -0.4 is 0 Å². The Kier molecular flexibility index (Phi) is 4.92. The van der Waals surface area contributed by atoms with Gasteiger partial charge in [0, 0.05) is 6.54 Å². The van der Waals surface area contributed by atoms with Crippen molar-refractivity contribution in [2.45, 2.75) is 19.5 Å². The molecule has 0 spiro atoms. The van der Waals surface area contributed by atoms with Crippen molar-refractivity contribution in [2.24, 2.45) is 0 Å². The van der Waals surface area contributed by atoms with Crippen molar-refractivity contribution in [1.29, 1.82) is 0 Å². The Morgan fingerprint density at radius 2 is 1.92 bits per heavy atom. The predicted octanol–water partition coefficient (Wildman–Crippen LogP) is 4.28. The van der Waals surface area contributed by atoms with Gasteiger partial charge in [0.05, 0.1) is 28.9 Å². The normalized spacial score (nSPS) is 12.5. The summed E-state index contributed by atoms with van der Waals surface area (Å²) < 4.78 is 5.94. The molecule has 1 heterocycles. The van der Waals surface area contributed by atoms with Gasteiger partial charge in [0.2, 0.25) is 0 Å². The standard InChI is InChI=1S/C19H20N2O2S/c1-13(18-20-16-6-4-5-7-17(16)24-18)21(2)12-14-8-10-15(11-9-14)19(22)23-3/h4-11,13H,12H2,1-3H3/t13-/m1/s1. The summed E-state index contributed by atoms with van der Waals surface area (Å²) in [7, 11) is 3.48. The smallest absolute Gasteiger partial charge is 0.337 e. The minimum absolute atomic E-state index is 0.225. The van der Waals surface area contributed by atoms with Crippen molar-refractivity contribution in [2.75, 3.05) is 14.2 Å². The molecule has 0 N–H and O–H groups in total. The number of para-hydroxylation sites is 1. The van der Waals surface area contributed by atoms with Crippen LogP contribution in [0.4, 0.5) is 0 Å². The highest BCUT2D eigenvalue weighted by molar-refractivity contribution is 7.18. The molecule has 0 aliphatic carbocycles. The molecular weight excluding hydrogens is 320 g/mol. The average Bonchev–Trinajstić information content (AvgIpc) is 3.05. The maximum atomic E-state index is 11.5. The number of hydrogen-bond acceptors (Lipinski definition) is 5. The molecule has 5 heteroatoms. The molecule has 0 amide bonds. The molecule has 0 unspecified atom stereocenters. The second kappa shape index (κ2) is 7.11. The van der Waals surface area contributed by atoms with E-state index < -0.39 is 0 Å². The summed E-state index contributed by atoms with van der Waals surface area (Å²) in [6, 6.07) is 16.0. The molecule has 0 aliphatic rings. The molecule has 0 aliphatic heterocycles. The van der Waals surface area contributed by atoms with Gasteiger partial charge < -0.3 is 4.74 Å². The zero-order valence-corrected chi connectivity index (χ0v) is 14.8. The molecule has 0 bridgehead atoms. The van der Waals surface area contributed by atoms with Crippen molar-refractivity contribution in [3.05, 3.63) is 64.7 Å². The molecule has 1 atom stereocenters. The highest BCUT2D eigenvalue weighted by atomic mass is 32.1. The van der Waals surface area contributed by atoms with E-state index >= 15 is 0 Å². The number of ether oxygens (including phenoxy) is 1. The molecule has 2 aromatic carbocycles. The highest BCUT2D eigenvalue weighted by Crippen LogP contribution is 2.29. The Morgan fingerprint density at radius 1 is 1.21 bits per heavy atom. The number of methoxy groups -OCH3 is 1. The number of carbonyl (C=O) groups excluding carboxylic acids is 1. The average molecular weight is 340 g/mol. The van der Waals surface area contributed by atoms with Gasteiger partial charge in [-0.2, -0.15) is 0 Å². The van der Waals surface area contributed by atoms with Gasteiger partial charge in [-0.05, 0) is 43.8 Å². The number of thiazole rings is 1. The summed E-state index contributed by atoms with van der Waals surface area (Å²) in [4.78, 5) is 18.5. The minimum Gasteiger partial charge on any atom is -0.465 e. The first-order valence-electron chi connectivity index (χ1n) is 7.81. The summed E-state index contributed by atoms with van der Waals surface area (Å²) >= 11 is 1.74. The number of benzene rings is 2. The van der Waals surface area contributed by atoms with Crippen molar-refractivity contribution < 1.29 is 9.53 Å². The van der Waals surface area contributed by atoms with Crippen molar-refractivity contribution in [3.63, 3.8) is 0 Å². The second-order valence-electron chi connectivity index (χ2n) is 5.80. The van der Waals surface area contributed by atoms with Crippen LogP contribution in [-0.2, 0) is 11.3 Å². The number of rotatable bonds is 5. The van der Waals surface area contributed by atoms with Crippen LogP contribution in [0.2, 0.25) is 0 Å². The van der Waals surface area contributed by atoms with Gasteiger partial charge in [-0.15, -0.1) is 11.3 Å². The van der Waals surface area contributed by atoms with Crippen LogP contribution in [0.15, 0.2) is 48.5 Å². The fourth-order valence-electron chi connectivity index (χ4n) is 2.55. The number of carbonyl (C=O) groups is 1. The quantitative estimate of drug-likeness (QED) is 0.650. The lowest BCUT2D eigenvalue weighted by Gasteiger charge is -2.23. The monoisotopic (exact) mass is 340 g/mol. The number of nitrogens with zero attached hydrogens (tertiary/aromatic N) is 2. The van der Waals surface area contributed by atoms with Crippen LogP contribution in [-0.4, -0.2) is 30.0 Å². The van der Waals surface area contributed by atoms with E-state index in [1.165, 1.54) is 11.8 Å². The van der Waals surface area contributed by atoms with Crippen molar-refractivity contribution in [3.8, 4) is 0 Å². The second-order valence-corrected chi connectivity index (χ2v) is 6.86. The summed E-state index contributed by atoms with van der Waals surface area (Å²) in [6.45, 7) is 2.96. The molecule has 0 fully saturated rings. The molecule has 0 saturated heterocycles. The maximum absolute atomic E-state index is 11.5. The van der Waals surface area contributed by atoms with Crippen LogP contribution in [0.3, 0.4) is 0 Å². The SMILES string of the molecule is COC(=O)c1ccc(CN(C)[C@H](C)c2nc3ccccc3s2)cc1. The zero-order valence-electron chi connectivity index (χ0n) is 14.0. The molecule has 124 valence electrons. The maximum Gasteiger partial charge on any atom is 0.337 e. The first-order valence-corrected chi connectivity index (χ1v) is 8.63. The summed E-state index contributed by atoms with van der Waals surface area (Å²) in [5.74, 6) is -0.308. The molecule has 0 saturated carbocycles. The number of hydrogen-bond donors (Lipinski definition) is 0. The molecule has 4 nitrogen and oxygen atoms in total. The van der Waals surface area contributed by atoms with Gasteiger partial charge in [0.25, 0.3) is 0 Å². The predicted molar refractivity (Wildman–Crippen MR) is 97.3 cm³/mol. The van der Waals surface area contributed by atoms with E-state index in [1.807, 2.05) is 30.3 Å². The highest BCUT2D eigenvalue weighted by Gasteiger charge is 2.16. The van der Waals surface area contributed by atoms with Crippen LogP contribution >= 0.6 is 11.3 Å². The Bertz CT molecular complexity index is 809. The van der Waals surface area contributed by atoms with E-state index in [0.29, 0.717) is 5.56 Å². The third kappa shape index (κ3) is 3.47. The lowest BCUT2D eigenvalue weighted by molar-refractivity contribution is 0.0600. The van der Waals surface area contributed by atoms with Crippen LogP contribution in [0.25, 0.3) is 10.2 Å². The topological polar surface area (TPSA) is 42.4 Å². The van der Waals surface area contributed by atoms with Crippen LogP contribution in [0.5, 0.6) is 0 Å². The van der Waals surface area contributed by atoms with Crippen molar-refractivity contribution >= 4 is 27.5 Å². The lowest BCUT2D eigenvalue weighted by atomic mass is 10.1. The molecule has 3 rings (SSSR count). The van der Waals surface area contributed by atoms with E-state index in [2.05, 4.69) is 24.9 Å². The lowest BCUT2D eigenvalue weighted by Crippen LogP contribution is -2.21. The first-order chi connectivity index (χ1) is 11.6. The molecule has 3 aromatic rings. The van der Waals surface area contributed by atoms with E-state index in [0.717, 1.165) is 22.6 Å². The van der Waals surface area contributed by atoms with E-state index in [1.54, 1.807) is 23.5 Å². The van der Waals surface area contributed by atoms with Gasteiger partial charge in [-0.25, -0.2) is 9.78 Å². The van der Waals surface area contributed by atoms with E-state index in [4.69, 9.17) is 9.72 Å². The fourth-order valence-corrected chi connectivity index (χ4v) is 3.63. The first kappa shape index (κ1) is 16.6. The Morgan fingerprint density at radius 3 is 2.58 bits per heavy atom. The van der Waals surface area contributed by atoms with E-state index in [9.17, 15) is 4.79 Å². The zero-order chi connectivity index (χ0) is 17.1. The van der Waals surface area contributed by atoms with Crippen LogP contribution in [0.1, 0.15) is 33.9 Å². The van der Waals surface area contributed by atoms with Gasteiger partial charge in [0.15, 0.2) is 0 Å². The molecule has 1 aromatic heterocycles. The number of esters is 1. The fraction of sp³-hybridized carbons (Fsp3) is 0.263. The van der Waals surface area contributed by atoms with Gasteiger partial charge in [-0.3, -0.25) is 4.90 Å². The Balaban J connectivity index is 1.71. The van der Waals surface area contributed by atoms with Gasteiger partial charge in [-0.1, -0.05) is 24.3 Å². The van der Waals surface area contributed by atoms with Gasteiger partial charge in [0.1, 0.15) is 5.01 Å². The Labute approximate surface area is 145 Å². The Hall–Kier alpha value is -2.24. The van der Waals surface area contributed by atoms with Crippen molar-refractivity contribution in [1.82, 2.24) is 9.88 Å². The largest absolute Gasteiger partial charge is 0.465 e. The minimum atomic E-state index is -0.308. The van der Waals surface area contributed by atoms with Gasteiger partial charge >= 0.3 is 5.97 Å². The third-order valence-electron chi connectivity index (χ3n) is 4.14. The van der Waals surface area contributed by atoms with E-state index in [-0.39, 0.29) is 12.0 Å². The third-order valence-corrected chi connectivity index (χ3v) is 5.34. The molecule has 0 radical (unpaired) electrons. The number of fused-ring (bicyclic) bond motifs is 1. The molecule has 24 heavy (non-hydrogen) atoms.